The average molecular weight is 292 g/mol. The van der Waals surface area contributed by atoms with Gasteiger partial charge in [0.15, 0.2) is 0 Å². The van der Waals surface area contributed by atoms with Gasteiger partial charge in [0.2, 0.25) is 5.91 Å². The first-order valence-corrected chi connectivity index (χ1v) is 6.37. The molecule has 0 heterocycles. The summed E-state index contributed by atoms with van der Waals surface area (Å²) in [5, 5.41) is 12.9. The van der Waals surface area contributed by atoms with Gasteiger partial charge >= 0.3 is 0 Å². The summed E-state index contributed by atoms with van der Waals surface area (Å²) in [6, 6.07) is 11.6. The summed E-state index contributed by atoms with van der Waals surface area (Å²) in [7, 11) is 1.58. The minimum Gasteiger partial charge on any atom is -0.508 e. The first-order chi connectivity index (χ1) is 9.58. The SMILES string of the molecule is COc1ccc(NC(=O)Cc2cc(Cl)ccc2O)cc1. The standard InChI is InChI=1S/C15H14ClNO3/c1-20-13-5-3-12(4-6-13)17-15(19)9-10-8-11(16)2-7-14(10)18/h2-8,18H,9H2,1H3,(H,17,19). The van der Waals surface area contributed by atoms with Crippen LogP contribution in [0.1, 0.15) is 5.56 Å². The number of carbonyl (C=O) groups excluding carboxylic acids is 1. The molecule has 0 saturated heterocycles. The van der Waals surface area contributed by atoms with E-state index >= 15 is 0 Å². The van der Waals surface area contributed by atoms with E-state index in [1.54, 1.807) is 43.5 Å². The van der Waals surface area contributed by atoms with E-state index in [2.05, 4.69) is 5.32 Å². The predicted octanol–water partition coefficient (Wildman–Crippen LogP) is 3.24. The lowest BCUT2D eigenvalue weighted by atomic mass is 10.1. The molecule has 1 amide bonds. The van der Waals surface area contributed by atoms with Crippen molar-refractivity contribution < 1.29 is 14.6 Å². The number of amides is 1. The van der Waals surface area contributed by atoms with Gasteiger partial charge in [-0.15, -0.1) is 0 Å². The van der Waals surface area contributed by atoms with Crippen molar-refractivity contribution in [3.8, 4) is 11.5 Å². The maximum Gasteiger partial charge on any atom is 0.228 e. The Morgan fingerprint density at radius 2 is 1.95 bits per heavy atom. The second-order valence-corrected chi connectivity index (χ2v) is 4.66. The summed E-state index contributed by atoms with van der Waals surface area (Å²) >= 11 is 5.84. The number of halogens is 1. The van der Waals surface area contributed by atoms with Gasteiger partial charge in [-0.2, -0.15) is 0 Å². The summed E-state index contributed by atoms with van der Waals surface area (Å²) in [5.41, 5.74) is 1.15. The quantitative estimate of drug-likeness (QED) is 0.909. The van der Waals surface area contributed by atoms with Crippen LogP contribution in [0.25, 0.3) is 0 Å². The van der Waals surface area contributed by atoms with Crippen LogP contribution >= 0.6 is 11.6 Å². The third kappa shape index (κ3) is 3.65. The number of aromatic hydroxyl groups is 1. The van der Waals surface area contributed by atoms with Crippen LogP contribution in [0.3, 0.4) is 0 Å². The number of nitrogens with one attached hydrogen (secondary N) is 1. The van der Waals surface area contributed by atoms with Crippen LogP contribution in [-0.2, 0) is 11.2 Å². The zero-order valence-electron chi connectivity index (χ0n) is 10.9. The lowest BCUT2D eigenvalue weighted by molar-refractivity contribution is -0.115. The molecule has 5 heteroatoms. The number of phenolic OH excluding ortho intramolecular Hbond substituents is 1. The molecule has 2 N–H and O–H groups in total. The van der Waals surface area contributed by atoms with Gasteiger partial charge < -0.3 is 15.2 Å². The van der Waals surface area contributed by atoms with Crippen LogP contribution < -0.4 is 10.1 Å². The lowest BCUT2D eigenvalue weighted by Crippen LogP contribution is -2.14. The molecule has 0 aliphatic heterocycles. The molecule has 0 atom stereocenters. The monoisotopic (exact) mass is 291 g/mol. The molecule has 0 saturated carbocycles. The molecular weight excluding hydrogens is 278 g/mol. The highest BCUT2D eigenvalue weighted by molar-refractivity contribution is 6.30. The Kier molecular flexibility index (Phi) is 4.48. The molecule has 104 valence electrons. The first kappa shape index (κ1) is 14.2. The predicted molar refractivity (Wildman–Crippen MR) is 78.4 cm³/mol. The van der Waals surface area contributed by atoms with E-state index in [1.807, 2.05) is 0 Å². The summed E-state index contributed by atoms with van der Waals surface area (Å²) in [6.07, 6.45) is 0.0540. The molecule has 4 nitrogen and oxygen atoms in total. The lowest BCUT2D eigenvalue weighted by Gasteiger charge is -2.08. The minimum absolute atomic E-state index is 0.0540. The number of ether oxygens (including phenoxy) is 1. The Hall–Kier alpha value is -2.20. The van der Waals surface area contributed by atoms with Gasteiger partial charge in [-0.05, 0) is 42.5 Å². The number of anilines is 1. The first-order valence-electron chi connectivity index (χ1n) is 6.00. The Labute approximate surface area is 122 Å². The Morgan fingerprint density at radius 3 is 2.60 bits per heavy atom. The molecule has 0 aliphatic rings. The topological polar surface area (TPSA) is 58.6 Å². The maximum atomic E-state index is 11.9. The number of methoxy groups -OCH3 is 1. The van der Waals surface area contributed by atoms with E-state index in [4.69, 9.17) is 16.3 Å². The van der Waals surface area contributed by atoms with Gasteiger partial charge in [-0.25, -0.2) is 0 Å². The van der Waals surface area contributed by atoms with E-state index in [1.165, 1.54) is 6.07 Å². The molecule has 0 unspecified atom stereocenters. The number of phenols is 1. The minimum atomic E-state index is -0.229. The Balaban J connectivity index is 2.03. The van der Waals surface area contributed by atoms with Crippen molar-refractivity contribution in [1.29, 1.82) is 0 Å². The fourth-order valence-electron chi connectivity index (χ4n) is 1.75. The van der Waals surface area contributed by atoms with Gasteiger partial charge in [0.1, 0.15) is 11.5 Å². The van der Waals surface area contributed by atoms with E-state index in [9.17, 15) is 9.90 Å². The zero-order valence-corrected chi connectivity index (χ0v) is 11.6. The van der Waals surface area contributed by atoms with Crippen LogP contribution in [0, 0.1) is 0 Å². The van der Waals surface area contributed by atoms with Crippen LogP contribution in [0.4, 0.5) is 5.69 Å². The zero-order chi connectivity index (χ0) is 14.5. The Bertz CT molecular complexity index is 611. The van der Waals surface area contributed by atoms with Crippen LogP contribution in [0.5, 0.6) is 11.5 Å². The molecule has 0 radical (unpaired) electrons. The smallest absolute Gasteiger partial charge is 0.228 e. The van der Waals surface area contributed by atoms with Crippen molar-refractivity contribution in [2.24, 2.45) is 0 Å². The van der Waals surface area contributed by atoms with Gasteiger partial charge in [0.25, 0.3) is 0 Å². The number of hydrogen-bond acceptors (Lipinski definition) is 3. The number of hydrogen-bond donors (Lipinski definition) is 2. The third-order valence-electron chi connectivity index (χ3n) is 2.77. The maximum absolute atomic E-state index is 11.9. The van der Waals surface area contributed by atoms with E-state index < -0.39 is 0 Å². The largest absolute Gasteiger partial charge is 0.508 e. The van der Waals surface area contributed by atoms with Crippen molar-refractivity contribution in [2.75, 3.05) is 12.4 Å². The second-order valence-electron chi connectivity index (χ2n) is 4.23. The molecule has 0 spiro atoms. The highest BCUT2D eigenvalue weighted by Crippen LogP contribution is 2.22. The number of rotatable bonds is 4. The van der Waals surface area contributed by atoms with E-state index in [0.717, 1.165) is 5.75 Å². The molecule has 0 aliphatic carbocycles. The summed E-state index contributed by atoms with van der Waals surface area (Å²) in [6.45, 7) is 0. The fraction of sp³-hybridized carbons (Fsp3) is 0.133. The molecule has 2 aromatic carbocycles. The van der Waals surface area contributed by atoms with Gasteiger partial charge in [0.05, 0.1) is 13.5 Å². The second kappa shape index (κ2) is 6.30. The molecule has 0 aromatic heterocycles. The average Bonchev–Trinajstić information content (AvgIpc) is 2.43. The fourth-order valence-corrected chi connectivity index (χ4v) is 1.94. The van der Waals surface area contributed by atoms with Crippen molar-refractivity contribution in [3.05, 3.63) is 53.1 Å². The third-order valence-corrected chi connectivity index (χ3v) is 3.00. The number of benzene rings is 2. The molecule has 0 bridgehead atoms. The highest BCUT2D eigenvalue weighted by Gasteiger charge is 2.09. The normalized spacial score (nSPS) is 10.1. The van der Waals surface area contributed by atoms with Crippen molar-refractivity contribution in [2.45, 2.75) is 6.42 Å². The van der Waals surface area contributed by atoms with Gasteiger partial charge in [-0.3, -0.25) is 4.79 Å². The van der Waals surface area contributed by atoms with Crippen LogP contribution in [0.2, 0.25) is 5.02 Å². The van der Waals surface area contributed by atoms with Crippen LogP contribution in [0.15, 0.2) is 42.5 Å². The van der Waals surface area contributed by atoms with Crippen molar-refractivity contribution in [3.63, 3.8) is 0 Å². The number of carbonyl (C=O) groups is 1. The molecule has 2 aromatic rings. The van der Waals surface area contributed by atoms with Crippen LogP contribution in [-0.4, -0.2) is 18.1 Å². The summed E-state index contributed by atoms with van der Waals surface area (Å²) in [5.74, 6) is 0.544. The summed E-state index contributed by atoms with van der Waals surface area (Å²) < 4.78 is 5.04. The van der Waals surface area contributed by atoms with Crippen molar-refractivity contribution >= 4 is 23.2 Å². The van der Waals surface area contributed by atoms with E-state index in [0.29, 0.717) is 16.3 Å². The molecule has 2 rings (SSSR count). The molecule has 0 fully saturated rings. The highest BCUT2D eigenvalue weighted by atomic mass is 35.5. The van der Waals surface area contributed by atoms with E-state index in [-0.39, 0.29) is 18.1 Å². The van der Waals surface area contributed by atoms with Crippen molar-refractivity contribution in [1.82, 2.24) is 0 Å². The van der Waals surface area contributed by atoms with Gasteiger partial charge in [-0.1, -0.05) is 11.6 Å². The molecular formula is C15H14ClNO3. The summed E-state index contributed by atoms with van der Waals surface area (Å²) in [4.78, 5) is 11.9. The molecule has 20 heavy (non-hydrogen) atoms. The Morgan fingerprint density at radius 1 is 1.25 bits per heavy atom. The van der Waals surface area contributed by atoms with Gasteiger partial charge in [0, 0.05) is 16.3 Å².